The highest BCUT2D eigenvalue weighted by Gasteiger charge is 2.33. The van der Waals surface area contributed by atoms with Gasteiger partial charge in [0.25, 0.3) is 5.89 Å². The van der Waals surface area contributed by atoms with Crippen LogP contribution in [0.15, 0.2) is 64.0 Å². The van der Waals surface area contributed by atoms with Crippen molar-refractivity contribution in [1.82, 2.24) is 24.2 Å². The number of fused-ring (bicyclic) bond motifs is 1. The standard InChI is InChI=1S/C22H21N5O3S/c1-15-8-10-17(11-9-15)31(28,29)27-13-12-19-18(14-27)20(24-26(19)2)22-23-21(25-30-22)16-6-4-3-5-7-16/h3-11H,12-14H2,1-2H3. The fourth-order valence-corrected chi connectivity index (χ4v) is 5.24. The topological polar surface area (TPSA) is 94.1 Å². The predicted octanol–water partition coefficient (Wildman–Crippen LogP) is 3.19. The molecule has 0 N–H and O–H groups in total. The van der Waals surface area contributed by atoms with Gasteiger partial charge in [0, 0.05) is 43.4 Å². The van der Waals surface area contributed by atoms with Crippen LogP contribution in [0, 0.1) is 6.92 Å². The summed E-state index contributed by atoms with van der Waals surface area (Å²) in [4.78, 5) is 4.79. The average molecular weight is 436 g/mol. The molecule has 8 nitrogen and oxygen atoms in total. The van der Waals surface area contributed by atoms with Crippen molar-refractivity contribution < 1.29 is 12.9 Å². The van der Waals surface area contributed by atoms with Gasteiger partial charge in [0.1, 0.15) is 0 Å². The van der Waals surface area contributed by atoms with E-state index in [0.717, 1.165) is 22.4 Å². The Hall–Kier alpha value is -3.30. The second kappa shape index (κ2) is 7.44. The Morgan fingerprint density at radius 3 is 2.52 bits per heavy atom. The van der Waals surface area contributed by atoms with Gasteiger partial charge in [-0.3, -0.25) is 4.68 Å². The molecule has 4 aromatic rings. The highest BCUT2D eigenvalue weighted by Crippen LogP contribution is 2.32. The first-order valence-electron chi connectivity index (χ1n) is 9.94. The van der Waals surface area contributed by atoms with Crippen molar-refractivity contribution in [2.75, 3.05) is 6.54 Å². The highest BCUT2D eigenvalue weighted by molar-refractivity contribution is 7.89. The third-order valence-electron chi connectivity index (χ3n) is 5.53. The molecule has 0 bridgehead atoms. The van der Waals surface area contributed by atoms with Crippen molar-refractivity contribution in [3.63, 3.8) is 0 Å². The molecule has 5 rings (SSSR count). The summed E-state index contributed by atoms with van der Waals surface area (Å²) in [6.07, 6.45) is 0.559. The van der Waals surface area contributed by atoms with Crippen LogP contribution in [-0.4, -0.2) is 39.2 Å². The third-order valence-corrected chi connectivity index (χ3v) is 7.39. The molecule has 1 aliphatic heterocycles. The van der Waals surface area contributed by atoms with Gasteiger partial charge in [-0.15, -0.1) is 0 Å². The number of sulfonamides is 1. The molecule has 0 unspecified atom stereocenters. The maximum absolute atomic E-state index is 13.2. The van der Waals surface area contributed by atoms with Crippen LogP contribution in [0.5, 0.6) is 0 Å². The minimum absolute atomic E-state index is 0.206. The van der Waals surface area contributed by atoms with Gasteiger partial charge in [-0.25, -0.2) is 8.42 Å². The van der Waals surface area contributed by atoms with E-state index < -0.39 is 10.0 Å². The SMILES string of the molecule is Cc1ccc(S(=O)(=O)N2CCc3c(c(-c4nc(-c5ccccc5)no4)nn3C)C2)cc1. The number of aromatic nitrogens is 4. The Kier molecular flexibility index (Phi) is 4.71. The van der Waals surface area contributed by atoms with E-state index in [4.69, 9.17) is 4.52 Å². The van der Waals surface area contributed by atoms with E-state index >= 15 is 0 Å². The first-order chi connectivity index (χ1) is 14.9. The largest absolute Gasteiger partial charge is 0.332 e. The minimum atomic E-state index is -3.62. The first kappa shape index (κ1) is 19.7. The summed E-state index contributed by atoms with van der Waals surface area (Å²) in [6.45, 7) is 2.53. The monoisotopic (exact) mass is 435 g/mol. The van der Waals surface area contributed by atoms with Gasteiger partial charge in [0.2, 0.25) is 15.8 Å². The molecule has 0 atom stereocenters. The predicted molar refractivity (Wildman–Crippen MR) is 114 cm³/mol. The van der Waals surface area contributed by atoms with Crippen LogP contribution in [0.2, 0.25) is 0 Å². The number of rotatable bonds is 4. The smallest absolute Gasteiger partial charge is 0.279 e. The molecule has 0 amide bonds. The van der Waals surface area contributed by atoms with Crippen LogP contribution in [0.1, 0.15) is 16.8 Å². The Bertz CT molecular complexity index is 1340. The molecule has 2 aromatic heterocycles. The van der Waals surface area contributed by atoms with Gasteiger partial charge in [0.05, 0.1) is 4.90 Å². The van der Waals surface area contributed by atoms with Crippen molar-refractivity contribution in [1.29, 1.82) is 0 Å². The van der Waals surface area contributed by atoms with Gasteiger partial charge in [0.15, 0.2) is 5.69 Å². The van der Waals surface area contributed by atoms with Crippen molar-refractivity contribution >= 4 is 10.0 Å². The molecule has 0 radical (unpaired) electrons. The van der Waals surface area contributed by atoms with Gasteiger partial charge in [-0.05, 0) is 19.1 Å². The Morgan fingerprint density at radius 2 is 1.77 bits per heavy atom. The lowest BCUT2D eigenvalue weighted by atomic mass is 10.1. The summed E-state index contributed by atoms with van der Waals surface area (Å²) in [7, 11) is -1.77. The molecule has 0 spiro atoms. The molecule has 0 fully saturated rings. The van der Waals surface area contributed by atoms with E-state index in [0.29, 0.717) is 24.5 Å². The quantitative estimate of drug-likeness (QED) is 0.489. The number of nitrogens with zero attached hydrogens (tertiary/aromatic N) is 5. The summed E-state index contributed by atoms with van der Waals surface area (Å²) >= 11 is 0. The molecule has 0 aliphatic carbocycles. The van der Waals surface area contributed by atoms with E-state index in [1.165, 1.54) is 4.31 Å². The third kappa shape index (κ3) is 3.45. The molecule has 0 saturated heterocycles. The molecule has 1 aliphatic rings. The van der Waals surface area contributed by atoms with Crippen molar-refractivity contribution in [2.45, 2.75) is 24.8 Å². The first-order valence-corrected chi connectivity index (χ1v) is 11.4. The van der Waals surface area contributed by atoms with Crippen LogP contribution < -0.4 is 0 Å². The second-order valence-corrected chi connectivity index (χ2v) is 9.53. The van der Waals surface area contributed by atoms with E-state index in [1.807, 2.05) is 44.3 Å². The second-order valence-electron chi connectivity index (χ2n) is 7.59. The maximum atomic E-state index is 13.2. The minimum Gasteiger partial charge on any atom is -0.332 e. The number of hydrogen-bond donors (Lipinski definition) is 0. The Balaban J connectivity index is 1.50. The Labute approximate surface area is 180 Å². The fourth-order valence-electron chi connectivity index (χ4n) is 3.83. The highest BCUT2D eigenvalue weighted by atomic mass is 32.2. The van der Waals surface area contributed by atoms with Crippen LogP contribution >= 0.6 is 0 Å². The molecule has 0 saturated carbocycles. The molecular formula is C22H21N5O3S. The molecule has 31 heavy (non-hydrogen) atoms. The lowest BCUT2D eigenvalue weighted by molar-refractivity contribution is 0.385. The zero-order chi connectivity index (χ0) is 21.6. The van der Waals surface area contributed by atoms with Gasteiger partial charge < -0.3 is 4.52 Å². The zero-order valence-electron chi connectivity index (χ0n) is 17.2. The lowest BCUT2D eigenvalue weighted by Crippen LogP contribution is -2.36. The fraction of sp³-hybridized carbons (Fsp3) is 0.227. The maximum Gasteiger partial charge on any atom is 0.279 e. The van der Waals surface area contributed by atoms with Crippen LogP contribution in [0.3, 0.4) is 0 Å². The van der Waals surface area contributed by atoms with Crippen LogP contribution in [0.4, 0.5) is 0 Å². The molecule has 3 heterocycles. The number of benzene rings is 2. The van der Waals surface area contributed by atoms with E-state index in [9.17, 15) is 8.42 Å². The van der Waals surface area contributed by atoms with Crippen molar-refractivity contribution in [3.05, 3.63) is 71.4 Å². The van der Waals surface area contributed by atoms with E-state index in [2.05, 4.69) is 15.2 Å². The normalized spacial score (nSPS) is 14.5. The van der Waals surface area contributed by atoms with Gasteiger partial charge >= 0.3 is 0 Å². The molecule has 158 valence electrons. The van der Waals surface area contributed by atoms with Crippen LogP contribution in [-0.2, 0) is 30.0 Å². The summed E-state index contributed by atoms with van der Waals surface area (Å²) in [6, 6.07) is 16.4. The summed E-state index contributed by atoms with van der Waals surface area (Å²) in [5.41, 5.74) is 4.15. The summed E-state index contributed by atoms with van der Waals surface area (Å²) in [5, 5.41) is 8.65. The van der Waals surface area contributed by atoms with Crippen molar-refractivity contribution in [3.8, 4) is 23.0 Å². The van der Waals surface area contributed by atoms with E-state index in [1.54, 1.807) is 28.9 Å². The average Bonchev–Trinajstić information content (AvgIpc) is 3.39. The van der Waals surface area contributed by atoms with Gasteiger partial charge in [-0.1, -0.05) is 53.2 Å². The number of aryl methyl sites for hydroxylation is 2. The summed E-state index contributed by atoms with van der Waals surface area (Å²) < 4.78 is 35.2. The molecule has 9 heteroatoms. The van der Waals surface area contributed by atoms with Crippen molar-refractivity contribution in [2.24, 2.45) is 7.05 Å². The van der Waals surface area contributed by atoms with Gasteiger partial charge in [-0.2, -0.15) is 14.4 Å². The lowest BCUT2D eigenvalue weighted by Gasteiger charge is -2.26. The zero-order valence-corrected chi connectivity index (χ0v) is 18.0. The van der Waals surface area contributed by atoms with E-state index in [-0.39, 0.29) is 17.3 Å². The molecule has 2 aromatic carbocycles. The molecular weight excluding hydrogens is 414 g/mol. The Morgan fingerprint density at radius 1 is 1.03 bits per heavy atom. The van der Waals surface area contributed by atoms with Crippen LogP contribution in [0.25, 0.3) is 23.0 Å². The summed E-state index contributed by atoms with van der Waals surface area (Å²) in [5.74, 6) is 0.750. The number of hydrogen-bond acceptors (Lipinski definition) is 6.